The van der Waals surface area contributed by atoms with Gasteiger partial charge in [-0.25, -0.2) is 4.39 Å². The maximum Gasteiger partial charge on any atom is 0.227 e. The van der Waals surface area contributed by atoms with Crippen LogP contribution in [0.1, 0.15) is 17.9 Å². The molecule has 0 radical (unpaired) electrons. The van der Waals surface area contributed by atoms with Crippen molar-refractivity contribution in [3.8, 4) is 17.1 Å². The van der Waals surface area contributed by atoms with Gasteiger partial charge in [0.05, 0.1) is 7.11 Å². The Balaban J connectivity index is 1.54. The Labute approximate surface area is 155 Å². The summed E-state index contributed by atoms with van der Waals surface area (Å²) in [7, 11) is 3.08. The summed E-state index contributed by atoms with van der Waals surface area (Å²) in [5.74, 6) is 0.468. The number of nitrogens with zero attached hydrogens (tertiary/aromatic N) is 4. The van der Waals surface area contributed by atoms with Crippen LogP contribution in [0.5, 0.6) is 5.75 Å². The van der Waals surface area contributed by atoms with Crippen LogP contribution in [-0.2, 0) is 17.8 Å². The first kappa shape index (κ1) is 18.5. The number of carbonyl (C=O) groups excluding carboxylic acids is 1. The molecular formula is C19H19FN4O3. The van der Waals surface area contributed by atoms with Crippen LogP contribution in [0.4, 0.5) is 4.39 Å². The zero-order valence-corrected chi connectivity index (χ0v) is 15.1. The summed E-state index contributed by atoms with van der Waals surface area (Å²) in [6.07, 6.45) is 3.84. The maximum atomic E-state index is 13.8. The summed E-state index contributed by atoms with van der Waals surface area (Å²) in [6, 6.07) is 8.19. The number of hydrogen-bond acceptors (Lipinski definition) is 6. The predicted molar refractivity (Wildman–Crippen MR) is 95.3 cm³/mol. The maximum absolute atomic E-state index is 13.8. The molecular weight excluding hydrogens is 351 g/mol. The third-order valence-corrected chi connectivity index (χ3v) is 4.02. The van der Waals surface area contributed by atoms with E-state index in [2.05, 4.69) is 15.1 Å². The summed E-state index contributed by atoms with van der Waals surface area (Å²) >= 11 is 0. The molecule has 0 aliphatic heterocycles. The lowest BCUT2D eigenvalue weighted by Gasteiger charge is -2.17. The zero-order chi connectivity index (χ0) is 19.2. The monoisotopic (exact) mass is 370 g/mol. The largest absolute Gasteiger partial charge is 0.494 e. The van der Waals surface area contributed by atoms with Crippen LogP contribution < -0.4 is 4.74 Å². The normalized spacial score (nSPS) is 10.6. The van der Waals surface area contributed by atoms with Crippen LogP contribution in [0.15, 0.2) is 47.2 Å². The molecule has 0 saturated carbocycles. The average molecular weight is 370 g/mol. The molecule has 0 spiro atoms. The minimum Gasteiger partial charge on any atom is -0.494 e. The van der Waals surface area contributed by atoms with Crippen molar-refractivity contribution in [2.75, 3.05) is 14.2 Å². The predicted octanol–water partition coefficient (Wildman–Crippen LogP) is 2.87. The first-order valence-corrected chi connectivity index (χ1v) is 8.36. The number of pyridine rings is 1. The van der Waals surface area contributed by atoms with E-state index in [0.29, 0.717) is 30.2 Å². The number of amides is 1. The van der Waals surface area contributed by atoms with Crippen LogP contribution in [0.25, 0.3) is 11.4 Å². The van der Waals surface area contributed by atoms with Crippen LogP contribution in [0.2, 0.25) is 0 Å². The molecule has 140 valence electrons. The van der Waals surface area contributed by atoms with Crippen molar-refractivity contribution in [1.29, 1.82) is 0 Å². The smallest absolute Gasteiger partial charge is 0.227 e. The molecule has 0 aliphatic rings. The molecule has 1 amide bonds. The number of rotatable bonds is 7. The first-order valence-electron chi connectivity index (χ1n) is 8.36. The molecule has 3 aromatic rings. The van der Waals surface area contributed by atoms with Crippen LogP contribution in [-0.4, -0.2) is 40.1 Å². The van der Waals surface area contributed by atoms with Gasteiger partial charge in [-0.15, -0.1) is 0 Å². The fourth-order valence-electron chi connectivity index (χ4n) is 2.55. The molecule has 1 aromatic carbocycles. The van der Waals surface area contributed by atoms with Crippen molar-refractivity contribution >= 4 is 5.91 Å². The van der Waals surface area contributed by atoms with Crippen molar-refractivity contribution in [3.05, 3.63) is 60.0 Å². The second-order valence-corrected chi connectivity index (χ2v) is 5.97. The Morgan fingerprint density at radius 3 is 2.74 bits per heavy atom. The van der Waals surface area contributed by atoms with Gasteiger partial charge in [-0.3, -0.25) is 9.78 Å². The van der Waals surface area contributed by atoms with Crippen molar-refractivity contribution in [2.45, 2.75) is 19.4 Å². The summed E-state index contributed by atoms with van der Waals surface area (Å²) in [6.45, 7) is 0.297. The lowest BCUT2D eigenvalue weighted by atomic mass is 10.2. The van der Waals surface area contributed by atoms with Gasteiger partial charge in [0.1, 0.15) is 0 Å². The van der Waals surface area contributed by atoms with Crippen molar-refractivity contribution in [1.82, 2.24) is 20.0 Å². The number of ether oxygens (including phenoxy) is 1. The summed E-state index contributed by atoms with van der Waals surface area (Å²) < 4.78 is 23.8. The molecule has 0 N–H and O–H groups in total. The third-order valence-electron chi connectivity index (χ3n) is 4.02. The minimum atomic E-state index is -0.453. The quantitative estimate of drug-likeness (QED) is 0.636. The fraction of sp³-hybridized carbons (Fsp3) is 0.263. The molecule has 0 unspecified atom stereocenters. The molecule has 0 aliphatic carbocycles. The molecule has 0 bridgehead atoms. The standard InChI is InChI=1S/C19H19FN4O3/c1-24(12-13-3-4-16(26-2)15(20)11-13)18(25)6-5-17-22-19(23-27-17)14-7-9-21-10-8-14/h3-4,7-11H,5-6,12H2,1-2H3. The van der Waals surface area contributed by atoms with Crippen molar-refractivity contribution < 1.29 is 18.4 Å². The van der Waals surface area contributed by atoms with E-state index in [1.54, 1.807) is 43.7 Å². The SMILES string of the molecule is COc1ccc(CN(C)C(=O)CCc2nc(-c3ccncc3)no2)cc1F. The number of carbonyl (C=O) groups is 1. The molecule has 0 atom stereocenters. The van der Waals surface area contributed by atoms with Gasteiger partial charge < -0.3 is 14.2 Å². The highest BCUT2D eigenvalue weighted by Gasteiger charge is 2.14. The van der Waals surface area contributed by atoms with Gasteiger partial charge in [0.2, 0.25) is 17.6 Å². The molecule has 27 heavy (non-hydrogen) atoms. The Kier molecular flexibility index (Phi) is 5.75. The van der Waals surface area contributed by atoms with Crippen LogP contribution in [0, 0.1) is 5.82 Å². The van der Waals surface area contributed by atoms with E-state index in [-0.39, 0.29) is 18.1 Å². The first-order chi connectivity index (χ1) is 13.1. The van der Waals surface area contributed by atoms with Gasteiger partial charge in [0.25, 0.3) is 0 Å². The highest BCUT2D eigenvalue weighted by molar-refractivity contribution is 5.76. The minimum absolute atomic E-state index is 0.102. The number of halogens is 1. The molecule has 8 heteroatoms. The Bertz CT molecular complexity index is 914. The highest BCUT2D eigenvalue weighted by atomic mass is 19.1. The molecule has 0 saturated heterocycles. The van der Waals surface area contributed by atoms with Gasteiger partial charge in [0, 0.05) is 44.4 Å². The Hall–Kier alpha value is -3.29. The van der Waals surface area contributed by atoms with Crippen LogP contribution >= 0.6 is 0 Å². The van der Waals surface area contributed by atoms with Gasteiger partial charge >= 0.3 is 0 Å². The second kappa shape index (κ2) is 8.39. The fourth-order valence-corrected chi connectivity index (χ4v) is 2.55. The topological polar surface area (TPSA) is 81.4 Å². The van der Waals surface area contributed by atoms with E-state index in [1.165, 1.54) is 18.1 Å². The van der Waals surface area contributed by atoms with E-state index < -0.39 is 5.82 Å². The molecule has 0 fully saturated rings. The molecule has 7 nitrogen and oxygen atoms in total. The van der Waals surface area contributed by atoms with Gasteiger partial charge in [-0.2, -0.15) is 4.98 Å². The van der Waals surface area contributed by atoms with Gasteiger partial charge in [-0.05, 0) is 29.8 Å². The van der Waals surface area contributed by atoms with Crippen molar-refractivity contribution in [3.63, 3.8) is 0 Å². The second-order valence-electron chi connectivity index (χ2n) is 5.97. The molecule has 2 heterocycles. The third kappa shape index (κ3) is 4.66. The number of benzene rings is 1. The van der Waals surface area contributed by atoms with E-state index in [0.717, 1.165) is 5.56 Å². The average Bonchev–Trinajstić information content (AvgIpc) is 3.16. The van der Waals surface area contributed by atoms with E-state index in [4.69, 9.17) is 9.26 Å². The highest BCUT2D eigenvalue weighted by Crippen LogP contribution is 2.19. The zero-order valence-electron chi connectivity index (χ0n) is 15.1. The van der Waals surface area contributed by atoms with Gasteiger partial charge in [0.15, 0.2) is 11.6 Å². The lowest BCUT2D eigenvalue weighted by molar-refractivity contribution is -0.130. The summed E-state index contributed by atoms with van der Waals surface area (Å²) in [5.41, 5.74) is 1.48. The lowest BCUT2D eigenvalue weighted by Crippen LogP contribution is -2.26. The molecule has 2 aromatic heterocycles. The van der Waals surface area contributed by atoms with Crippen molar-refractivity contribution in [2.24, 2.45) is 0 Å². The number of methoxy groups -OCH3 is 1. The number of hydrogen-bond donors (Lipinski definition) is 0. The Morgan fingerprint density at radius 1 is 1.26 bits per heavy atom. The number of aromatic nitrogens is 3. The van der Waals surface area contributed by atoms with Gasteiger partial charge in [-0.1, -0.05) is 11.2 Å². The van der Waals surface area contributed by atoms with Crippen LogP contribution in [0.3, 0.4) is 0 Å². The molecule has 3 rings (SSSR count). The van der Waals surface area contributed by atoms with E-state index in [1.807, 2.05) is 0 Å². The van der Waals surface area contributed by atoms with E-state index in [9.17, 15) is 9.18 Å². The number of aryl methyl sites for hydroxylation is 1. The summed E-state index contributed by atoms with van der Waals surface area (Å²) in [5, 5.41) is 3.91. The van der Waals surface area contributed by atoms with E-state index >= 15 is 0 Å². The summed E-state index contributed by atoms with van der Waals surface area (Å²) in [4.78, 5) is 22.1. The Morgan fingerprint density at radius 2 is 2.04 bits per heavy atom.